The first-order chi connectivity index (χ1) is 9.67. The molecule has 20 heavy (non-hydrogen) atoms. The van der Waals surface area contributed by atoms with E-state index in [0.717, 1.165) is 5.56 Å². The molecule has 0 aliphatic heterocycles. The summed E-state index contributed by atoms with van der Waals surface area (Å²) in [5.41, 5.74) is 0.719. The predicted molar refractivity (Wildman–Crippen MR) is 70.6 cm³/mol. The molecule has 0 spiro atoms. The Morgan fingerprint density at radius 1 is 1.00 bits per heavy atom. The first-order valence-electron chi connectivity index (χ1n) is 5.97. The number of hydrogen-bond acceptors (Lipinski definition) is 5. The molecular weight excluding hydrogens is 260 g/mol. The Morgan fingerprint density at radius 2 is 1.65 bits per heavy atom. The largest absolute Gasteiger partial charge is 0.463 e. The van der Waals surface area contributed by atoms with E-state index in [9.17, 15) is 9.59 Å². The van der Waals surface area contributed by atoms with Crippen molar-refractivity contribution in [3.05, 3.63) is 59.5 Å². The average Bonchev–Trinajstić information content (AvgIpc) is 2.98. The number of benzene rings is 1. The van der Waals surface area contributed by atoms with E-state index in [1.165, 1.54) is 26.4 Å². The molecule has 0 aliphatic carbocycles. The fourth-order valence-corrected chi connectivity index (χ4v) is 1.83. The van der Waals surface area contributed by atoms with Gasteiger partial charge in [0.15, 0.2) is 5.76 Å². The molecule has 0 radical (unpaired) electrons. The van der Waals surface area contributed by atoms with Crippen LogP contribution in [0, 0.1) is 0 Å². The second kappa shape index (κ2) is 6.16. The standard InChI is InChI=1S/C15H14O5/c1-18-14(10-6-4-3-5-7-10)13(16)11-8-9-12(20-11)15(17)19-2/h3-9,14H,1-2H3. The molecule has 1 aromatic carbocycles. The van der Waals surface area contributed by atoms with Gasteiger partial charge in [-0.25, -0.2) is 4.79 Å². The molecule has 0 N–H and O–H groups in total. The fraction of sp³-hybridized carbons (Fsp3) is 0.200. The van der Waals surface area contributed by atoms with Gasteiger partial charge < -0.3 is 13.9 Å². The quantitative estimate of drug-likeness (QED) is 0.619. The van der Waals surface area contributed by atoms with Gasteiger partial charge in [0.1, 0.15) is 6.10 Å². The van der Waals surface area contributed by atoms with Gasteiger partial charge >= 0.3 is 5.97 Å². The topological polar surface area (TPSA) is 65.7 Å². The van der Waals surface area contributed by atoms with Gasteiger partial charge in [0.05, 0.1) is 7.11 Å². The summed E-state index contributed by atoms with van der Waals surface area (Å²) < 4.78 is 14.9. The maximum atomic E-state index is 12.3. The van der Waals surface area contributed by atoms with Gasteiger partial charge in [-0.2, -0.15) is 0 Å². The summed E-state index contributed by atoms with van der Waals surface area (Å²) in [5, 5.41) is 0. The number of carbonyl (C=O) groups excluding carboxylic acids is 2. The molecular formula is C15H14O5. The highest BCUT2D eigenvalue weighted by Gasteiger charge is 2.25. The van der Waals surface area contributed by atoms with Gasteiger partial charge in [-0.1, -0.05) is 30.3 Å². The summed E-state index contributed by atoms with van der Waals surface area (Å²) in [4.78, 5) is 23.6. The average molecular weight is 274 g/mol. The highest BCUT2D eigenvalue weighted by Crippen LogP contribution is 2.23. The molecule has 0 saturated carbocycles. The van der Waals surface area contributed by atoms with E-state index in [4.69, 9.17) is 9.15 Å². The highest BCUT2D eigenvalue weighted by molar-refractivity contribution is 5.98. The number of esters is 1. The molecule has 0 saturated heterocycles. The molecule has 5 heteroatoms. The normalized spacial score (nSPS) is 11.9. The second-order valence-electron chi connectivity index (χ2n) is 4.05. The Kier molecular flexibility index (Phi) is 4.32. The third-order valence-corrected chi connectivity index (χ3v) is 2.81. The van der Waals surface area contributed by atoms with Crippen LogP contribution in [0.3, 0.4) is 0 Å². The summed E-state index contributed by atoms with van der Waals surface area (Å²) in [6, 6.07) is 11.9. The summed E-state index contributed by atoms with van der Waals surface area (Å²) in [7, 11) is 2.69. The number of ether oxygens (including phenoxy) is 2. The van der Waals surface area contributed by atoms with Crippen molar-refractivity contribution in [3.8, 4) is 0 Å². The number of methoxy groups -OCH3 is 2. The maximum Gasteiger partial charge on any atom is 0.373 e. The molecule has 0 aliphatic rings. The van der Waals surface area contributed by atoms with E-state index >= 15 is 0 Å². The van der Waals surface area contributed by atoms with Gasteiger partial charge in [0.2, 0.25) is 11.5 Å². The minimum atomic E-state index is -0.771. The van der Waals surface area contributed by atoms with Crippen LogP contribution < -0.4 is 0 Å². The zero-order valence-corrected chi connectivity index (χ0v) is 11.2. The van der Waals surface area contributed by atoms with E-state index in [2.05, 4.69) is 4.74 Å². The minimum Gasteiger partial charge on any atom is -0.463 e. The van der Waals surface area contributed by atoms with Crippen LogP contribution in [0.4, 0.5) is 0 Å². The smallest absolute Gasteiger partial charge is 0.373 e. The van der Waals surface area contributed by atoms with Gasteiger partial charge in [-0.3, -0.25) is 4.79 Å². The first-order valence-corrected chi connectivity index (χ1v) is 5.97. The Morgan fingerprint density at radius 3 is 2.25 bits per heavy atom. The van der Waals surface area contributed by atoms with Crippen LogP contribution in [0.2, 0.25) is 0 Å². The van der Waals surface area contributed by atoms with Gasteiger partial charge in [-0.15, -0.1) is 0 Å². The van der Waals surface area contributed by atoms with Crippen molar-refractivity contribution in [2.75, 3.05) is 14.2 Å². The molecule has 1 atom stereocenters. The van der Waals surface area contributed by atoms with Crippen LogP contribution in [-0.2, 0) is 9.47 Å². The zero-order valence-electron chi connectivity index (χ0n) is 11.2. The summed E-state index contributed by atoms with van der Waals surface area (Å²) >= 11 is 0. The van der Waals surface area contributed by atoms with E-state index in [1.54, 1.807) is 12.1 Å². The number of carbonyl (C=O) groups is 2. The molecule has 1 aromatic heterocycles. The third-order valence-electron chi connectivity index (χ3n) is 2.81. The molecule has 1 heterocycles. The molecule has 104 valence electrons. The minimum absolute atomic E-state index is 0.0150. The van der Waals surface area contributed by atoms with Crippen molar-refractivity contribution in [2.45, 2.75) is 6.10 Å². The van der Waals surface area contributed by atoms with Crippen molar-refractivity contribution in [1.82, 2.24) is 0 Å². The Hall–Kier alpha value is -2.40. The highest BCUT2D eigenvalue weighted by atomic mass is 16.5. The van der Waals surface area contributed by atoms with Gasteiger partial charge in [0, 0.05) is 7.11 Å². The second-order valence-corrected chi connectivity index (χ2v) is 4.05. The SMILES string of the molecule is COC(=O)c1ccc(C(=O)C(OC)c2ccccc2)o1. The number of furan rings is 1. The van der Waals surface area contributed by atoms with Crippen molar-refractivity contribution in [3.63, 3.8) is 0 Å². The number of hydrogen-bond donors (Lipinski definition) is 0. The summed E-state index contributed by atoms with van der Waals surface area (Å²) in [5.74, 6) is -0.938. The van der Waals surface area contributed by atoms with Crippen molar-refractivity contribution in [1.29, 1.82) is 0 Å². The zero-order chi connectivity index (χ0) is 14.5. The molecule has 1 unspecified atom stereocenters. The van der Waals surface area contributed by atoms with Gasteiger partial charge in [0.25, 0.3) is 0 Å². The molecule has 0 amide bonds. The Bertz CT molecular complexity index is 600. The van der Waals surface area contributed by atoms with Crippen LogP contribution in [0.1, 0.15) is 32.8 Å². The lowest BCUT2D eigenvalue weighted by Crippen LogP contribution is -2.14. The third kappa shape index (κ3) is 2.78. The van der Waals surface area contributed by atoms with E-state index < -0.39 is 12.1 Å². The van der Waals surface area contributed by atoms with E-state index in [1.807, 2.05) is 18.2 Å². The van der Waals surface area contributed by atoms with Crippen molar-refractivity contribution >= 4 is 11.8 Å². The van der Waals surface area contributed by atoms with E-state index in [0.29, 0.717) is 0 Å². The Labute approximate surface area is 116 Å². The fourth-order valence-electron chi connectivity index (χ4n) is 1.83. The van der Waals surface area contributed by atoms with Gasteiger partial charge in [-0.05, 0) is 17.7 Å². The maximum absolute atomic E-state index is 12.3. The molecule has 2 rings (SSSR count). The monoisotopic (exact) mass is 274 g/mol. The summed E-state index contributed by atoms with van der Waals surface area (Å²) in [6.45, 7) is 0. The lowest BCUT2D eigenvalue weighted by Gasteiger charge is -2.12. The Balaban J connectivity index is 2.25. The number of Topliss-reactive ketones (excluding diaryl/α,β-unsaturated/α-hetero) is 1. The first kappa shape index (κ1) is 14.0. The molecule has 2 aromatic rings. The van der Waals surface area contributed by atoms with Crippen LogP contribution in [0.25, 0.3) is 0 Å². The predicted octanol–water partition coefficient (Wildman–Crippen LogP) is 2.64. The molecule has 5 nitrogen and oxygen atoms in total. The molecule has 0 fully saturated rings. The number of ketones is 1. The lowest BCUT2D eigenvalue weighted by molar-refractivity contribution is 0.0538. The lowest BCUT2D eigenvalue weighted by atomic mass is 10.0. The van der Waals surface area contributed by atoms with Crippen LogP contribution in [-0.4, -0.2) is 26.0 Å². The molecule has 0 bridgehead atoms. The summed E-state index contributed by atoms with van der Waals surface area (Å²) in [6.07, 6.45) is -0.771. The van der Waals surface area contributed by atoms with Crippen LogP contribution >= 0.6 is 0 Å². The van der Waals surface area contributed by atoms with Crippen LogP contribution in [0.15, 0.2) is 46.9 Å². The van der Waals surface area contributed by atoms with Crippen molar-refractivity contribution in [2.24, 2.45) is 0 Å². The van der Waals surface area contributed by atoms with Crippen LogP contribution in [0.5, 0.6) is 0 Å². The van der Waals surface area contributed by atoms with Crippen molar-refractivity contribution < 1.29 is 23.5 Å². The number of rotatable bonds is 5. The van der Waals surface area contributed by atoms with E-state index in [-0.39, 0.29) is 17.3 Å².